The Morgan fingerprint density at radius 1 is 1.25 bits per heavy atom. The average Bonchev–Trinajstić information content (AvgIpc) is 3.09. The molecule has 2 aromatic heterocycles. The van der Waals surface area contributed by atoms with Crippen molar-refractivity contribution in [3.63, 3.8) is 0 Å². The van der Waals surface area contributed by atoms with E-state index in [1.807, 2.05) is 41.9 Å². The van der Waals surface area contributed by atoms with Crippen molar-refractivity contribution in [3.8, 4) is 11.5 Å². The number of rotatable bonds is 7. The Morgan fingerprint density at radius 3 is 2.92 bits per heavy atom. The summed E-state index contributed by atoms with van der Waals surface area (Å²) in [7, 11) is 1.61. The van der Waals surface area contributed by atoms with Gasteiger partial charge in [0.05, 0.1) is 29.6 Å². The number of pyridine rings is 1. The number of ether oxygens (including phenoxy) is 2. The maximum Gasteiger partial charge on any atom is 0.161 e. The van der Waals surface area contributed by atoms with Gasteiger partial charge in [0.15, 0.2) is 11.5 Å². The third kappa shape index (κ3) is 3.44. The van der Waals surface area contributed by atoms with Crippen molar-refractivity contribution in [1.29, 1.82) is 0 Å². The molecule has 5 nitrogen and oxygen atoms in total. The number of fused-ring (bicyclic) bond motifs is 1. The molecule has 0 amide bonds. The SMILES string of the molecule is COc1cc(C(C)Nc2ccnc3ccsc23)ccc1OCCO. The molecule has 0 bridgehead atoms. The molecule has 0 aliphatic heterocycles. The molecule has 3 rings (SSSR count). The Balaban J connectivity index is 1.82. The van der Waals surface area contributed by atoms with E-state index in [2.05, 4.69) is 17.2 Å². The van der Waals surface area contributed by atoms with Gasteiger partial charge < -0.3 is 19.9 Å². The van der Waals surface area contributed by atoms with E-state index in [0.717, 1.165) is 21.5 Å². The predicted octanol–water partition coefficient (Wildman–Crippen LogP) is 3.85. The highest BCUT2D eigenvalue weighted by atomic mass is 32.1. The van der Waals surface area contributed by atoms with Crippen LogP contribution in [0.25, 0.3) is 10.2 Å². The van der Waals surface area contributed by atoms with E-state index in [-0.39, 0.29) is 19.3 Å². The average molecular weight is 344 g/mol. The predicted molar refractivity (Wildman–Crippen MR) is 97.2 cm³/mol. The molecule has 24 heavy (non-hydrogen) atoms. The Hall–Kier alpha value is -2.31. The summed E-state index contributed by atoms with van der Waals surface area (Å²) in [5, 5.41) is 14.5. The van der Waals surface area contributed by atoms with Crippen molar-refractivity contribution in [2.24, 2.45) is 0 Å². The zero-order valence-electron chi connectivity index (χ0n) is 13.7. The molecule has 2 heterocycles. The smallest absolute Gasteiger partial charge is 0.161 e. The lowest BCUT2D eigenvalue weighted by atomic mass is 10.1. The van der Waals surface area contributed by atoms with Crippen LogP contribution in [0.15, 0.2) is 41.9 Å². The van der Waals surface area contributed by atoms with Crippen LogP contribution in [0.3, 0.4) is 0 Å². The highest BCUT2D eigenvalue weighted by Crippen LogP contribution is 2.33. The number of aliphatic hydroxyl groups excluding tert-OH is 1. The fourth-order valence-electron chi connectivity index (χ4n) is 2.53. The molecule has 1 unspecified atom stereocenters. The minimum Gasteiger partial charge on any atom is -0.493 e. The molecular formula is C18H20N2O3S. The monoisotopic (exact) mass is 344 g/mol. The van der Waals surface area contributed by atoms with Crippen LogP contribution in [0.5, 0.6) is 11.5 Å². The van der Waals surface area contributed by atoms with Gasteiger partial charge >= 0.3 is 0 Å². The summed E-state index contributed by atoms with van der Waals surface area (Å²) in [4.78, 5) is 4.36. The summed E-state index contributed by atoms with van der Waals surface area (Å²) in [5.74, 6) is 1.29. The second-order valence-corrected chi connectivity index (χ2v) is 6.26. The number of hydrogen-bond acceptors (Lipinski definition) is 6. The van der Waals surface area contributed by atoms with Gasteiger partial charge in [-0.2, -0.15) is 0 Å². The molecule has 126 valence electrons. The van der Waals surface area contributed by atoms with E-state index in [0.29, 0.717) is 11.5 Å². The summed E-state index contributed by atoms with van der Waals surface area (Å²) < 4.78 is 12.0. The van der Waals surface area contributed by atoms with Gasteiger partial charge in [-0.3, -0.25) is 4.98 Å². The number of methoxy groups -OCH3 is 1. The number of aliphatic hydroxyl groups is 1. The highest BCUT2D eigenvalue weighted by molar-refractivity contribution is 7.17. The quantitative estimate of drug-likeness (QED) is 0.682. The molecule has 0 radical (unpaired) electrons. The molecular weight excluding hydrogens is 324 g/mol. The third-order valence-electron chi connectivity index (χ3n) is 3.75. The van der Waals surface area contributed by atoms with E-state index in [4.69, 9.17) is 14.6 Å². The van der Waals surface area contributed by atoms with Crippen molar-refractivity contribution < 1.29 is 14.6 Å². The van der Waals surface area contributed by atoms with Crippen molar-refractivity contribution in [2.75, 3.05) is 25.6 Å². The molecule has 0 saturated carbocycles. The van der Waals surface area contributed by atoms with Gasteiger partial charge in [-0.25, -0.2) is 0 Å². The Kier molecular flexibility index (Phi) is 5.17. The fourth-order valence-corrected chi connectivity index (χ4v) is 3.36. The van der Waals surface area contributed by atoms with Crippen LogP contribution in [0, 0.1) is 0 Å². The van der Waals surface area contributed by atoms with Crippen molar-refractivity contribution >= 4 is 27.2 Å². The van der Waals surface area contributed by atoms with Gasteiger partial charge in [0.2, 0.25) is 0 Å². The normalized spacial score (nSPS) is 12.1. The first-order chi connectivity index (χ1) is 11.7. The number of hydrogen-bond donors (Lipinski definition) is 2. The number of benzene rings is 1. The molecule has 2 N–H and O–H groups in total. The maximum absolute atomic E-state index is 8.89. The first kappa shape index (κ1) is 16.5. The summed E-state index contributed by atoms with van der Waals surface area (Å²) in [6, 6.07) is 9.93. The lowest BCUT2D eigenvalue weighted by Crippen LogP contribution is -2.08. The second kappa shape index (κ2) is 7.51. The topological polar surface area (TPSA) is 63.6 Å². The first-order valence-electron chi connectivity index (χ1n) is 7.73. The van der Waals surface area contributed by atoms with E-state index in [9.17, 15) is 0 Å². The van der Waals surface area contributed by atoms with Gasteiger partial charge in [-0.1, -0.05) is 6.07 Å². The minimum atomic E-state index is -0.0261. The first-order valence-corrected chi connectivity index (χ1v) is 8.61. The Morgan fingerprint density at radius 2 is 2.12 bits per heavy atom. The van der Waals surface area contributed by atoms with Gasteiger partial charge in [0, 0.05) is 12.2 Å². The molecule has 1 atom stereocenters. The lowest BCUT2D eigenvalue weighted by Gasteiger charge is -2.18. The van der Waals surface area contributed by atoms with Crippen LogP contribution in [-0.2, 0) is 0 Å². The van der Waals surface area contributed by atoms with Crippen LogP contribution in [-0.4, -0.2) is 30.4 Å². The van der Waals surface area contributed by atoms with E-state index in [1.165, 1.54) is 0 Å². The van der Waals surface area contributed by atoms with Gasteiger partial charge in [-0.15, -0.1) is 11.3 Å². The van der Waals surface area contributed by atoms with Crippen LogP contribution in [0.1, 0.15) is 18.5 Å². The zero-order chi connectivity index (χ0) is 16.9. The van der Waals surface area contributed by atoms with Crippen molar-refractivity contribution in [3.05, 3.63) is 47.5 Å². The molecule has 0 saturated heterocycles. The highest BCUT2D eigenvalue weighted by Gasteiger charge is 2.12. The van der Waals surface area contributed by atoms with Crippen LogP contribution in [0.4, 0.5) is 5.69 Å². The Bertz CT molecular complexity index is 819. The lowest BCUT2D eigenvalue weighted by molar-refractivity contribution is 0.196. The number of aromatic nitrogens is 1. The largest absolute Gasteiger partial charge is 0.493 e. The molecule has 0 fully saturated rings. The Labute approximate surface area is 144 Å². The molecule has 1 aromatic carbocycles. The minimum absolute atomic E-state index is 0.0261. The third-order valence-corrected chi connectivity index (χ3v) is 4.69. The number of nitrogens with zero attached hydrogens (tertiary/aromatic N) is 1. The van der Waals surface area contributed by atoms with E-state index < -0.39 is 0 Å². The summed E-state index contributed by atoms with van der Waals surface area (Å²) in [6.07, 6.45) is 1.82. The number of anilines is 1. The van der Waals surface area contributed by atoms with Crippen LogP contribution in [0.2, 0.25) is 0 Å². The molecule has 6 heteroatoms. The number of nitrogens with one attached hydrogen (secondary N) is 1. The van der Waals surface area contributed by atoms with Crippen molar-refractivity contribution in [1.82, 2.24) is 4.98 Å². The van der Waals surface area contributed by atoms with Gasteiger partial charge in [0.1, 0.15) is 6.61 Å². The van der Waals surface area contributed by atoms with Crippen LogP contribution < -0.4 is 14.8 Å². The summed E-state index contributed by atoms with van der Waals surface area (Å²) >= 11 is 1.68. The van der Waals surface area contributed by atoms with E-state index in [1.54, 1.807) is 18.4 Å². The molecule has 3 aromatic rings. The summed E-state index contributed by atoms with van der Waals surface area (Å²) in [6.45, 7) is 2.32. The van der Waals surface area contributed by atoms with Crippen LogP contribution >= 0.6 is 11.3 Å². The fraction of sp³-hybridized carbons (Fsp3) is 0.278. The maximum atomic E-state index is 8.89. The van der Waals surface area contributed by atoms with Crippen molar-refractivity contribution in [2.45, 2.75) is 13.0 Å². The second-order valence-electron chi connectivity index (χ2n) is 5.34. The molecule has 0 aliphatic rings. The molecule has 0 aliphatic carbocycles. The summed E-state index contributed by atoms with van der Waals surface area (Å²) in [5.41, 5.74) is 3.16. The van der Waals surface area contributed by atoms with E-state index >= 15 is 0 Å². The number of thiophene rings is 1. The standard InChI is InChI=1S/C18H20N2O3S/c1-12(20-15-5-7-19-14-6-10-24-18(14)15)13-3-4-16(23-9-8-21)17(11-13)22-2/h3-7,10-12,21H,8-9H2,1-2H3,(H,19,20). The van der Waals surface area contributed by atoms with Gasteiger partial charge in [0.25, 0.3) is 0 Å². The zero-order valence-corrected chi connectivity index (χ0v) is 14.5. The van der Waals surface area contributed by atoms with Gasteiger partial charge in [-0.05, 0) is 42.1 Å². The molecule has 0 spiro atoms.